The third kappa shape index (κ3) is 6.18. The van der Waals surface area contributed by atoms with Crippen molar-refractivity contribution in [1.82, 2.24) is 4.90 Å². The molecule has 0 aromatic heterocycles. The molecule has 0 radical (unpaired) electrons. The second kappa shape index (κ2) is 10.0. The molecule has 4 heteroatoms. The quantitative estimate of drug-likeness (QED) is 0.238. The zero-order valence-corrected chi connectivity index (χ0v) is 16.3. The molecule has 0 saturated heterocycles. The first-order valence-electron chi connectivity index (χ1n) is 9.44. The first kappa shape index (κ1) is 20.1. The molecule has 0 aliphatic rings. The number of ether oxygens (including phenoxy) is 1. The number of nitrogens with zero attached hydrogens (tertiary/aromatic N) is 1. The van der Waals surface area contributed by atoms with Crippen LogP contribution in [-0.2, 0) is 22.6 Å². The molecule has 4 nitrogen and oxygen atoms in total. The smallest absolute Gasteiger partial charge is 0.309 e. The highest BCUT2D eigenvalue weighted by molar-refractivity contribution is 6.04. The third-order valence-corrected chi connectivity index (χ3v) is 4.31. The van der Waals surface area contributed by atoms with Gasteiger partial charge in [-0.1, -0.05) is 91.0 Å². The fourth-order valence-electron chi connectivity index (χ4n) is 2.95. The van der Waals surface area contributed by atoms with E-state index in [-0.39, 0.29) is 11.7 Å². The van der Waals surface area contributed by atoms with E-state index < -0.39 is 5.97 Å². The molecule has 3 aromatic rings. The Kier molecular flexibility index (Phi) is 6.95. The molecule has 0 spiro atoms. The van der Waals surface area contributed by atoms with Gasteiger partial charge in [0.25, 0.3) is 0 Å². The Morgan fingerprint density at radius 2 is 1.21 bits per heavy atom. The molecule has 0 unspecified atom stereocenters. The van der Waals surface area contributed by atoms with E-state index in [9.17, 15) is 9.59 Å². The van der Waals surface area contributed by atoms with Crippen LogP contribution in [0.25, 0.3) is 0 Å². The summed E-state index contributed by atoms with van der Waals surface area (Å²) in [5.74, 6) is -0.449. The number of hydrogen-bond acceptors (Lipinski definition) is 4. The summed E-state index contributed by atoms with van der Waals surface area (Å²) in [6, 6.07) is 28.7. The van der Waals surface area contributed by atoms with Gasteiger partial charge in [-0.25, -0.2) is 0 Å². The van der Waals surface area contributed by atoms with Gasteiger partial charge >= 0.3 is 5.97 Å². The molecule has 0 fully saturated rings. The topological polar surface area (TPSA) is 46.6 Å². The minimum Gasteiger partial charge on any atom is -0.410 e. The van der Waals surface area contributed by atoms with Crippen molar-refractivity contribution in [3.8, 4) is 0 Å². The van der Waals surface area contributed by atoms with Crippen molar-refractivity contribution in [2.75, 3.05) is 0 Å². The SMILES string of the molecule is CC(=O)O/C(=C/C(=O)c1ccccc1)N(Cc1ccccc1)Cc1ccccc1. The van der Waals surface area contributed by atoms with Crippen molar-refractivity contribution in [3.63, 3.8) is 0 Å². The van der Waals surface area contributed by atoms with Crippen LogP contribution in [0, 0.1) is 0 Å². The van der Waals surface area contributed by atoms with Crippen LogP contribution in [0.2, 0.25) is 0 Å². The summed E-state index contributed by atoms with van der Waals surface area (Å²) in [7, 11) is 0. The van der Waals surface area contributed by atoms with Gasteiger partial charge in [-0.05, 0) is 11.1 Å². The Balaban J connectivity index is 1.95. The number of rotatable bonds is 8. The van der Waals surface area contributed by atoms with Crippen LogP contribution >= 0.6 is 0 Å². The molecule has 0 N–H and O–H groups in total. The first-order valence-corrected chi connectivity index (χ1v) is 9.44. The van der Waals surface area contributed by atoms with E-state index in [2.05, 4.69) is 0 Å². The summed E-state index contributed by atoms with van der Waals surface area (Å²) in [5.41, 5.74) is 2.64. The van der Waals surface area contributed by atoms with Crippen molar-refractivity contribution >= 4 is 11.8 Å². The third-order valence-electron chi connectivity index (χ3n) is 4.31. The Morgan fingerprint density at radius 1 is 0.759 bits per heavy atom. The summed E-state index contributed by atoms with van der Waals surface area (Å²) in [6.45, 7) is 2.33. The Bertz CT molecular complexity index is 925. The molecule has 0 atom stereocenters. The van der Waals surface area contributed by atoms with Crippen LogP contribution in [0.15, 0.2) is 103 Å². The number of benzene rings is 3. The maximum Gasteiger partial charge on any atom is 0.309 e. The van der Waals surface area contributed by atoms with E-state index >= 15 is 0 Å². The van der Waals surface area contributed by atoms with Crippen molar-refractivity contribution in [3.05, 3.63) is 120 Å². The normalized spacial score (nSPS) is 11.0. The molecule has 0 amide bonds. The molecule has 3 rings (SSSR count). The van der Waals surface area contributed by atoms with Crippen molar-refractivity contribution in [2.24, 2.45) is 0 Å². The number of ketones is 1. The van der Waals surface area contributed by atoms with Gasteiger partial charge in [0, 0.05) is 31.7 Å². The van der Waals surface area contributed by atoms with Crippen LogP contribution in [0.3, 0.4) is 0 Å². The lowest BCUT2D eigenvalue weighted by Crippen LogP contribution is -2.26. The second-order valence-electron chi connectivity index (χ2n) is 6.63. The summed E-state index contributed by atoms with van der Waals surface area (Å²) >= 11 is 0. The average molecular weight is 385 g/mol. The molecule has 0 saturated carbocycles. The van der Waals surface area contributed by atoms with Gasteiger partial charge in [-0.2, -0.15) is 0 Å². The Hall–Kier alpha value is -3.66. The van der Waals surface area contributed by atoms with E-state index in [1.807, 2.05) is 71.6 Å². The van der Waals surface area contributed by atoms with Crippen LogP contribution in [0.1, 0.15) is 28.4 Å². The highest BCUT2D eigenvalue weighted by atomic mass is 16.5. The molecule has 29 heavy (non-hydrogen) atoms. The van der Waals surface area contributed by atoms with Crippen molar-refractivity contribution in [1.29, 1.82) is 0 Å². The summed E-state index contributed by atoms with van der Waals surface area (Å²) < 4.78 is 5.48. The van der Waals surface area contributed by atoms with Gasteiger partial charge in [0.1, 0.15) is 0 Å². The zero-order valence-electron chi connectivity index (χ0n) is 16.3. The molecular formula is C25H23NO3. The molecule has 0 aliphatic heterocycles. The lowest BCUT2D eigenvalue weighted by Gasteiger charge is -2.26. The van der Waals surface area contributed by atoms with E-state index in [1.54, 1.807) is 24.3 Å². The monoisotopic (exact) mass is 385 g/mol. The number of hydrogen-bond donors (Lipinski definition) is 0. The zero-order chi connectivity index (χ0) is 20.5. The summed E-state index contributed by atoms with van der Waals surface area (Å²) in [6.07, 6.45) is 1.39. The molecule has 146 valence electrons. The Morgan fingerprint density at radius 3 is 1.66 bits per heavy atom. The van der Waals surface area contributed by atoms with E-state index in [1.165, 1.54) is 13.0 Å². The number of carbonyl (C=O) groups excluding carboxylic acids is 2. The van der Waals surface area contributed by atoms with E-state index in [0.717, 1.165) is 11.1 Å². The van der Waals surface area contributed by atoms with Crippen molar-refractivity contribution < 1.29 is 14.3 Å². The largest absolute Gasteiger partial charge is 0.410 e. The standard InChI is InChI=1S/C25H23NO3/c1-20(27)29-25(17-24(28)23-15-9-4-10-16-23)26(18-21-11-5-2-6-12-21)19-22-13-7-3-8-14-22/h2-17H,18-19H2,1H3/b25-17+. The number of esters is 1. The highest BCUT2D eigenvalue weighted by Gasteiger charge is 2.17. The van der Waals surface area contributed by atoms with Crippen LogP contribution < -0.4 is 0 Å². The Labute approximate surface area is 171 Å². The molecule has 0 bridgehead atoms. The van der Waals surface area contributed by atoms with Gasteiger partial charge in [-0.3, -0.25) is 9.59 Å². The molecular weight excluding hydrogens is 362 g/mol. The lowest BCUT2D eigenvalue weighted by atomic mass is 10.1. The molecule has 3 aromatic carbocycles. The van der Waals surface area contributed by atoms with Crippen molar-refractivity contribution in [2.45, 2.75) is 20.0 Å². The van der Waals surface area contributed by atoms with Crippen LogP contribution in [0.4, 0.5) is 0 Å². The first-order chi connectivity index (χ1) is 14.1. The van der Waals surface area contributed by atoms with Crippen LogP contribution in [0.5, 0.6) is 0 Å². The average Bonchev–Trinajstić information content (AvgIpc) is 2.74. The predicted octanol–water partition coefficient (Wildman–Crippen LogP) is 4.98. The van der Waals surface area contributed by atoms with Gasteiger partial charge in [0.15, 0.2) is 5.78 Å². The molecule has 0 heterocycles. The van der Waals surface area contributed by atoms with Gasteiger partial charge in [-0.15, -0.1) is 0 Å². The lowest BCUT2D eigenvalue weighted by molar-refractivity contribution is -0.139. The predicted molar refractivity (Wildman–Crippen MR) is 113 cm³/mol. The maximum absolute atomic E-state index is 12.8. The summed E-state index contributed by atoms with van der Waals surface area (Å²) in [5, 5.41) is 0. The summed E-state index contributed by atoms with van der Waals surface area (Å²) in [4.78, 5) is 26.4. The van der Waals surface area contributed by atoms with Gasteiger partial charge in [0.05, 0.1) is 0 Å². The maximum atomic E-state index is 12.8. The second-order valence-corrected chi connectivity index (χ2v) is 6.63. The minimum atomic E-state index is -0.469. The highest BCUT2D eigenvalue weighted by Crippen LogP contribution is 2.18. The minimum absolute atomic E-state index is 0.215. The van der Waals surface area contributed by atoms with Gasteiger partial charge in [0.2, 0.25) is 5.88 Å². The fraction of sp³-hybridized carbons (Fsp3) is 0.120. The number of carbonyl (C=O) groups is 2. The van der Waals surface area contributed by atoms with Crippen LogP contribution in [-0.4, -0.2) is 16.7 Å². The molecule has 0 aliphatic carbocycles. The number of allylic oxidation sites excluding steroid dienone is 1. The fourth-order valence-corrected chi connectivity index (χ4v) is 2.95. The van der Waals surface area contributed by atoms with E-state index in [0.29, 0.717) is 18.7 Å². The van der Waals surface area contributed by atoms with E-state index in [4.69, 9.17) is 4.74 Å². The van der Waals surface area contributed by atoms with Gasteiger partial charge < -0.3 is 9.64 Å².